The molecule has 1 aliphatic carbocycles. The Bertz CT molecular complexity index is 729. The van der Waals surface area contributed by atoms with Crippen LogP contribution in [0.5, 0.6) is 0 Å². The van der Waals surface area contributed by atoms with Gasteiger partial charge in [-0.25, -0.2) is 0 Å². The summed E-state index contributed by atoms with van der Waals surface area (Å²) in [7, 11) is 0. The van der Waals surface area contributed by atoms with Crippen molar-refractivity contribution >= 4 is 17.6 Å². The minimum atomic E-state index is -5.06. The van der Waals surface area contributed by atoms with Crippen LogP contribution in [0.3, 0.4) is 0 Å². The fourth-order valence-corrected chi connectivity index (χ4v) is 3.22. The van der Waals surface area contributed by atoms with Gasteiger partial charge in [0, 0.05) is 11.5 Å². The fourth-order valence-electron chi connectivity index (χ4n) is 3.08. The fraction of sp³-hybridized carbons (Fsp3) is 0.471. The first-order valence-electron chi connectivity index (χ1n) is 7.63. The number of rotatable bonds is 4. The van der Waals surface area contributed by atoms with Crippen LogP contribution >= 0.6 is 11.6 Å². The van der Waals surface area contributed by atoms with Crippen LogP contribution in [0.1, 0.15) is 30.5 Å². The molecule has 0 spiro atoms. The Morgan fingerprint density at radius 2 is 1.63 bits per heavy atom. The van der Waals surface area contributed by atoms with Gasteiger partial charge in [0.05, 0.1) is 17.0 Å². The van der Waals surface area contributed by atoms with E-state index in [0.29, 0.717) is 18.2 Å². The molecule has 0 unspecified atom stereocenters. The normalized spacial score (nSPS) is 22.5. The molecule has 0 N–H and O–H groups in total. The molecule has 0 aromatic heterocycles. The second-order valence-electron chi connectivity index (χ2n) is 6.72. The smallest absolute Gasteiger partial charge is 0.416 e. The summed E-state index contributed by atoms with van der Waals surface area (Å²) in [6.07, 6.45) is -9.16. The summed E-state index contributed by atoms with van der Waals surface area (Å²) in [6.45, 7) is 1.94. The molecule has 0 radical (unpaired) electrons. The predicted octanol–water partition coefficient (Wildman–Crippen LogP) is 6.09. The predicted molar refractivity (Wildman–Crippen MR) is 82.0 cm³/mol. The molecule has 10 heteroatoms. The SMILES string of the molecule is CC1(C)[C@H](C(=O)OCc2c(C(F)(F)F)cccc2C(F)(F)F)[C@@H]1C=C(F)Cl. The number of halogens is 8. The lowest BCUT2D eigenvalue weighted by atomic mass is 10.0. The molecule has 1 saturated carbocycles. The number of benzene rings is 1. The maximum Gasteiger partial charge on any atom is 0.416 e. The number of hydrogen-bond donors (Lipinski definition) is 0. The highest BCUT2D eigenvalue weighted by atomic mass is 35.5. The van der Waals surface area contributed by atoms with Crippen molar-refractivity contribution in [1.29, 1.82) is 0 Å². The zero-order valence-corrected chi connectivity index (χ0v) is 14.8. The van der Waals surface area contributed by atoms with Gasteiger partial charge < -0.3 is 4.74 Å². The Morgan fingerprint density at radius 1 is 1.15 bits per heavy atom. The van der Waals surface area contributed by atoms with E-state index < -0.39 is 64.2 Å². The average Bonchev–Trinajstić information content (AvgIpc) is 3.02. The number of allylic oxidation sites excluding steroid dienone is 1. The summed E-state index contributed by atoms with van der Waals surface area (Å²) in [5, 5.41) is -1.06. The van der Waals surface area contributed by atoms with Crippen LogP contribution in [-0.2, 0) is 28.5 Å². The highest BCUT2D eigenvalue weighted by molar-refractivity contribution is 6.28. The summed E-state index contributed by atoms with van der Waals surface area (Å²) >= 11 is 5.12. The largest absolute Gasteiger partial charge is 0.461 e. The summed E-state index contributed by atoms with van der Waals surface area (Å²) < 4.78 is 96.0. The summed E-state index contributed by atoms with van der Waals surface area (Å²) in [6, 6.07) is 1.59. The second-order valence-corrected chi connectivity index (χ2v) is 7.08. The molecule has 150 valence electrons. The third-order valence-corrected chi connectivity index (χ3v) is 4.74. The van der Waals surface area contributed by atoms with Gasteiger partial charge >= 0.3 is 18.3 Å². The van der Waals surface area contributed by atoms with E-state index in [0.717, 1.165) is 6.08 Å². The monoisotopic (exact) mass is 418 g/mol. The van der Waals surface area contributed by atoms with Crippen LogP contribution in [0.4, 0.5) is 30.7 Å². The maximum atomic E-state index is 13.1. The number of ether oxygens (including phenoxy) is 1. The molecule has 2 rings (SSSR count). The molecule has 0 bridgehead atoms. The molecule has 27 heavy (non-hydrogen) atoms. The number of hydrogen-bond acceptors (Lipinski definition) is 2. The van der Waals surface area contributed by atoms with E-state index in [1.54, 1.807) is 13.8 Å². The highest BCUT2D eigenvalue weighted by Crippen LogP contribution is 2.60. The van der Waals surface area contributed by atoms with Crippen molar-refractivity contribution < 1.29 is 40.3 Å². The maximum absolute atomic E-state index is 13.1. The van der Waals surface area contributed by atoms with Gasteiger partial charge in [-0.1, -0.05) is 31.5 Å². The Labute approximate surface area is 154 Å². The van der Waals surface area contributed by atoms with E-state index in [1.165, 1.54) is 0 Å². The van der Waals surface area contributed by atoms with Crippen molar-refractivity contribution in [1.82, 2.24) is 0 Å². The zero-order chi connectivity index (χ0) is 20.8. The van der Waals surface area contributed by atoms with Crippen LogP contribution in [0.2, 0.25) is 0 Å². The quantitative estimate of drug-likeness (QED) is 0.437. The molecule has 2 atom stereocenters. The van der Waals surface area contributed by atoms with E-state index in [-0.39, 0.29) is 0 Å². The summed E-state index contributed by atoms with van der Waals surface area (Å²) in [5.41, 5.74) is -5.04. The van der Waals surface area contributed by atoms with E-state index in [1.807, 2.05) is 0 Å². The van der Waals surface area contributed by atoms with Crippen molar-refractivity contribution in [3.8, 4) is 0 Å². The van der Waals surface area contributed by atoms with Crippen molar-refractivity contribution in [2.75, 3.05) is 0 Å². The summed E-state index contributed by atoms with van der Waals surface area (Å²) in [5.74, 6) is -2.61. The van der Waals surface area contributed by atoms with E-state index in [2.05, 4.69) is 0 Å². The van der Waals surface area contributed by atoms with Crippen molar-refractivity contribution in [2.45, 2.75) is 32.8 Å². The second kappa shape index (κ2) is 7.00. The molecule has 0 heterocycles. The average molecular weight is 419 g/mol. The number of alkyl halides is 6. The molecular formula is C17H14ClF7O2. The summed E-state index contributed by atoms with van der Waals surface area (Å²) in [4.78, 5) is 12.1. The molecule has 1 aromatic carbocycles. The first-order valence-corrected chi connectivity index (χ1v) is 8.01. The zero-order valence-electron chi connectivity index (χ0n) is 14.0. The molecule has 1 fully saturated rings. The standard InChI is InChI=1S/C17H14ClF7O2/c1-15(2)11(6-12(18)19)13(15)14(26)27-7-8-9(16(20,21)22)4-3-5-10(8)17(23,24)25/h3-6,11,13H,7H2,1-2H3/t11-,13-/m0/s1. The van der Waals surface area contributed by atoms with E-state index >= 15 is 0 Å². The van der Waals surface area contributed by atoms with Gasteiger partial charge in [0.1, 0.15) is 6.61 Å². The van der Waals surface area contributed by atoms with Gasteiger partial charge in [-0.15, -0.1) is 0 Å². The van der Waals surface area contributed by atoms with Crippen molar-refractivity contribution in [2.24, 2.45) is 17.3 Å². The van der Waals surface area contributed by atoms with Crippen LogP contribution in [0.25, 0.3) is 0 Å². The van der Waals surface area contributed by atoms with E-state index in [4.69, 9.17) is 16.3 Å². The Kier molecular flexibility index (Phi) is 5.58. The van der Waals surface area contributed by atoms with Gasteiger partial charge in [0.2, 0.25) is 0 Å². The van der Waals surface area contributed by atoms with Gasteiger partial charge in [-0.3, -0.25) is 4.79 Å². The first-order chi connectivity index (χ1) is 12.2. The highest BCUT2D eigenvalue weighted by Gasteiger charge is 2.61. The van der Waals surface area contributed by atoms with Gasteiger partial charge in [-0.2, -0.15) is 30.7 Å². The molecule has 2 nitrogen and oxygen atoms in total. The molecule has 0 saturated heterocycles. The molecule has 0 amide bonds. The van der Waals surface area contributed by atoms with Crippen LogP contribution in [0.15, 0.2) is 29.6 Å². The van der Waals surface area contributed by atoms with Crippen LogP contribution < -0.4 is 0 Å². The van der Waals surface area contributed by atoms with Gasteiger partial charge in [0.25, 0.3) is 0 Å². The third-order valence-electron chi connectivity index (χ3n) is 4.62. The molecular weight excluding hydrogens is 405 g/mol. The number of carbonyl (C=O) groups excluding carboxylic acids is 1. The van der Waals surface area contributed by atoms with Crippen LogP contribution in [-0.4, -0.2) is 5.97 Å². The topological polar surface area (TPSA) is 26.3 Å². The minimum absolute atomic E-state index is 0.480. The van der Waals surface area contributed by atoms with E-state index in [9.17, 15) is 35.5 Å². The lowest BCUT2D eigenvalue weighted by molar-refractivity contribution is -0.153. The Morgan fingerprint density at radius 3 is 2.04 bits per heavy atom. The number of esters is 1. The van der Waals surface area contributed by atoms with Crippen LogP contribution in [0, 0.1) is 17.3 Å². The molecule has 1 aromatic rings. The Balaban J connectivity index is 2.28. The minimum Gasteiger partial charge on any atom is -0.461 e. The van der Waals surface area contributed by atoms with Gasteiger partial charge in [-0.05, 0) is 23.6 Å². The van der Waals surface area contributed by atoms with Gasteiger partial charge in [0.15, 0.2) is 5.29 Å². The van der Waals surface area contributed by atoms with Crippen molar-refractivity contribution in [3.63, 3.8) is 0 Å². The Hall–Kier alpha value is -1.77. The van der Waals surface area contributed by atoms with Crippen molar-refractivity contribution in [3.05, 3.63) is 46.3 Å². The lowest BCUT2D eigenvalue weighted by Crippen LogP contribution is -2.19. The first kappa shape index (κ1) is 21.5. The third kappa shape index (κ3) is 4.56. The molecule has 0 aliphatic heterocycles. The lowest BCUT2D eigenvalue weighted by Gasteiger charge is -2.18. The number of carbonyl (C=O) groups is 1. The molecule has 1 aliphatic rings.